The zero-order valence-electron chi connectivity index (χ0n) is 7.72. The molecule has 0 spiro atoms. The van der Waals surface area contributed by atoms with Crippen LogP contribution in [0.4, 0.5) is 14.5 Å². The van der Waals surface area contributed by atoms with Gasteiger partial charge in [0.15, 0.2) is 0 Å². The first-order valence-corrected chi connectivity index (χ1v) is 4.18. The Morgan fingerprint density at radius 2 is 2.31 bits per heavy atom. The first kappa shape index (κ1) is 9.95. The summed E-state index contributed by atoms with van der Waals surface area (Å²) in [6.07, 6.45) is 0.123. The number of aryl methyl sites for hydroxylation is 2. The van der Waals surface area contributed by atoms with Crippen LogP contribution in [0.1, 0.15) is 12.6 Å². The molecule has 1 aromatic rings. The Kier molecular flexibility index (Phi) is 3.22. The Hall–Kier alpha value is -1.13. The summed E-state index contributed by atoms with van der Waals surface area (Å²) in [4.78, 5) is 0. The van der Waals surface area contributed by atoms with Gasteiger partial charge in [0.25, 0.3) is 6.43 Å². The van der Waals surface area contributed by atoms with Crippen LogP contribution in [0.5, 0.6) is 0 Å². The monoisotopic (exact) mass is 189 g/mol. The molecule has 0 amide bonds. The quantitative estimate of drug-likeness (QED) is 0.780. The molecule has 0 aliphatic heterocycles. The number of nitrogens with zero attached hydrogens (tertiary/aromatic N) is 2. The van der Waals surface area contributed by atoms with Crippen molar-refractivity contribution in [2.45, 2.75) is 19.8 Å². The van der Waals surface area contributed by atoms with Crippen LogP contribution >= 0.6 is 0 Å². The van der Waals surface area contributed by atoms with Crippen molar-refractivity contribution in [2.24, 2.45) is 7.05 Å². The van der Waals surface area contributed by atoms with Crippen LogP contribution in [0, 0.1) is 0 Å². The molecule has 0 aromatic carbocycles. The molecular weight excluding hydrogens is 176 g/mol. The maximum atomic E-state index is 11.9. The van der Waals surface area contributed by atoms with E-state index in [4.69, 9.17) is 0 Å². The second-order valence-corrected chi connectivity index (χ2v) is 2.79. The molecule has 0 aliphatic carbocycles. The molecule has 1 rings (SSSR count). The number of aromatic nitrogens is 2. The van der Waals surface area contributed by atoms with E-state index in [1.165, 1.54) is 0 Å². The van der Waals surface area contributed by atoms with Crippen molar-refractivity contribution in [1.29, 1.82) is 0 Å². The Bertz CT molecular complexity index is 270. The van der Waals surface area contributed by atoms with E-state index < -0.39 is 6.43 Å². The lowest BCUT2D eigenvalue weighted by atomic mass is 10.3. The van der Waals surface area contributed by atoms with Crippen LogP contribution in [0.2, 0.25) is 0 Å². The fourth-order valence-electron chi connectivity index (χ4n) is 1.13. The molecule has 0 fully saturated rings. The van der Waals surface area contributed by atoms with Crippen molar-refractivity contribution in [2.75, 3.05) is 11.9 Å². The Balaban J connectivity index is 2.64. The molecule has 1 N–H and O–H groups in total. The molecule has 0 saturated heterocycles. The maximum Gasteiger partial charge on any atom is 0.255 e. The van der Waals surface area contributed by atoms with Gasteiger partial charge in [0.05, 0.1) is 17.9 Å². The van der Waals surface area contributed by atoms with Crippen LogP contribution < -0.4 is 5.32 Å². The summed E-state index contributed by atoms with van der Waals surface area (Å²) >= 11 is 0. The Morgan fingerprint density at radius 3 is 2.85 bits per heavy atom. The molecule has 0 atom stereocenters. The molecule has 74 valence electrons. The van der Waals surface area contributed by atoms with Gasteiger partial charge in [0.1, 0.15) is 0 Å². The second kappa shape index (κ2) is 4.20. The van der Waals surface area contributed by atoms with Gasteiger partial charge in [-0.2, -0.15) is 5.10 Å². The van der Waals surface area contributed by atoms with Crippen molar-refractivity contribution in [3.8, 4) is 0 Å². The van der Waals surface area contributed by atoms with Crippen LogP contribution in [0.15, 0.2) is 6.20 Å². The molecule has 0 unspecified atom stereocenters. The van der Waals surface area contributed by atoms with E-state index in [2.05, 4.69) is 10.4 Å². The lowest BCUT2D eigenvalue weighted by Crippen LogP contribution is -2.10. The van der Waals surface area contributed by atoms with E-state index in [-0.39, 0.29) is 6.54 Å². The SMILES string of the molecule is CCc1nn(C)cc1NCC(F)F. The third-order valence-corrected chi connectivity index (χ3v) is 1.69. The van der Waals surface area contributed by atoms with E-state index in [1.54, 1.807) is 17.9 Å². The number of alkyl halides is 2. The van der Waals surface area contributed by atoms with E-state index in [1.807, 2.05) is 6.92 Å². The first-order valence-electron chi connectivity index (χ1n) is 4.18. The smallest absolute Gasteiger partial charge is 0.255 e. The zero-order valence-corrected chi connectivity index (χ0v) is 7.72. The van der Waals surface area contributed by atoms with Crippen LogP contribution in [0.25, 0.3) is 0 Å². The fourth-order valence-corrected chi connectivity index (χ4v) is 1.13. The summed E-state index contributed by atoms with van der Waals surface area (Å²) in [5.41, 5.74) is 1.52. The van der Waals surface area contributed by atoms with Gasteiger partial charge in [-0.1, -0.05) is 6.92 Å². The molecule has 0 radical (unpaired) electrons. The average molecular weight is 189 g/mol. The average Bonchev–Trinajstić information content (AvgIpc) is 2.42. The molecule has 0 saturated carbocycles. The van der Waals surface area contributed by atoms with Crippen molar-refractivity contribution in [1.82, 2.24) is 9.78 Å². The van der Waals surface area contributed by atoms with Crippen molar-refractivity contribution in [3.63, 3.8) is 0 Å². The number of hydrogen-bond acceptors (Lipinski definition) is 2. The predicted octanol–water partition coefficient (Wildman–Crippen LogP) is 1.66. The normalized spacial score (nSPS) is 10.8. The van der Waals surface area contributed by atoms with E-state index in [0.717, 1.165) is 12.1 Å². The number of hydrogen-bond donors (Lipinski definition) is 1. The summed E-state index contributed by atoms with van der Waals surface area (Å²) < 4.78 is 25.4. The minimum absolute atomic E-state index is 0.321. The molecule has 0 aliphatic rings. The molecule has 1 heterocycles. The summed E-state index contributed by atoms with van der Waals surface area (Å²) in [7, 11) is 1.77. The van der Waals surface area contributed by atoms with Gasteiger partial charge >= 0.3 is 0 Å². The highest BCUT2D eigenvalue weighted by molar-refractivity contribution is 5.46. The largest absolute Gasteiger partial charge is 0.377 e. The minimum atomic E-state index is -2.33. The lowest BCUT2D eigenvalue weighted by Gasteiger charge is -2.03. The van der Waals surface area contributed by atoms with E-state index in [9.17, 15) is 8.78 Å². The standard InChI is InChI=1S/C8H13F2N3/c1-3-6-7(5-13(2)12-6)11-4-8(9)10/h5,8,11H,3-4H2,1-2H3. The third-order valence-electron chi connectivity index (χ3n) is 1.69. The number of nitrogens with one attached hydrogen (secondary N) is 1. The highest BCUT2D eigenvalue weighted by Crippen LogP contribution is 2.13. The summed E-state index contributed by atoms with van der Waals surface area (Å²) in [6, 6.07) is 0. The van der Waals surface area contributed by atoms with Crippen molar-refractivity contribution in [3.05, 3.63) is 11.9 Å². The Labute approximate surface area is 75.7 Å². The topological polar surface area (TPSA) is 29.9 Å². The van der Waals surface area contributed by atoms with Crippen LogP contribution in [0.3, 0.4) is 0 Å². The highest BCUT2D eigenvalue weighted by Gasteiger charge is 2.07. The number of anilines is 1. The van der Waals surface area contributed by atoms with Crippen molar-refractivity contribution >= 4 is 5.69 Å². The van der Waals surface area contributed by atoms with Crippen molar-refractivity contribution < 1.29 is 8.78 Å². The van der Waals surface area contributed by atoms with Gasteiger partial charge < -0.3 is 5.32 Å². The third kappa shape index (κ3) is 2.68. The maximum absolute atomic E-state index is 11.9. The summed E-state index contributed by atoms with van der Waals surface area (Å²) in [6.45, 7) is 1.62. The molecule has 1 aromatic heterocycles. The molecular formula is C8H13F2N3. The minimum Gasteiger partial charge on any atom is -0.377 e. The van der Waals surface area contributed by atoms with Crippen LogP contribution in [-0.2, 0) is 13.5 Å². The van der Waals surface area contributed by atoms with Gasteiger partial charge in [-0.05, 0) is 6.42 Å². The fraction of sp³-hybridized carbons (Fsp3) is 0.625. The van der Waals surface area contributed by atoms with Crippen LogP contribution in [-0.4, -0.2) is 22.8 Å². The predicted molar refractivity (Wildman–Crippen MR) is 47.1 cm³/mol. The van der Waals surface area contributed by atoms with Gasteiger partial charge in [0.2, 0.25) is 0 Å². The van der Waals surface area contributed by atoms with Gasteiger partial charge in [-0.3, -0.25) is 4.68 Å². The molecule has 13 heavy (non-hydrogen) atoms. The van der Waals surface area contributed by atoms with Gasteiger partial charge in [-0.15, -0.1) is 0 Å². The van der Waals surface area contributed by atoms with E-state index in [0.29, 0.717) is 5.69 Å². The van der Waals surface area contributed by atoms with E-state index >= 15 is 0 Å². The highest BCUT2D eigenvalue weighted by atomic mass is 19.3. The van der Waals surface area contributed by atoms with Gasteiger partial charge in [-0.25, -0.2) is 8.78 Å². The summed E-state index contributed by atoms with van der Waals surface area (Å²) in [5.74, 6) is 0. The molecule has 3 nitrogen and oxygen atoms in total. The molecule has 0 bridgehead atoms. The molecule has 5 heteroatoms. The lowest BCUT2D eigenvalue weighted by molar-refractivity contribution is 0.163. The number of halogens is 2. The zero-order chi connectivity index (χ0) is 9.84. The van der Waals surface area contributed by atoms with Gasteiger partial charge in [0, 0.05) is 13.2 Å². The first-order chi connectivity index (χ1) is 6.13. The second-order valence-electron chi connectivity index (χ2n) is 2.79. The number of rotatable bonds is 4. The Morgan fingerprint density at radius 1 is 1.62 bits per heavy atom. The summed E-state index contributed by atoms with van der Waals surface area (Å²) in [5, 5.41) is 6.77.